The van der Waals surface area contributed by atoms with Gasteiger partial charge in [0.25, 0.3) is 5.91 Å². The Labute approximate surface area is 175 Å². The van der Waals surface area contributed by atoms with Crippen LogP contribution >= 0.6 is 11.6 Å². The van der Waals surface area contributed by atoms with Crippen molar-refractivity contribution in [3.63, 3.8) is 0 Å². The lowest BCUT2D eigenvalue weighted by atomic mass is 10.1. The monoisotopic (exact) mass is 414 g/mol. The first kappa shape index (κ1) is 19.7. The normalized spacial score (nSPS) is 20.4. The summed E-state index contributed by atoms with van der Waals surface area (Å²) in [6, 6.07) is 13.0. The first-order valence-corrected chi connectivity index (χ1v) is 10.2. The highest BCUT2D eigenvalue weighted by molar-refractivity contribution is 6.31. The SMILES string of the molecule is COc1cccc(N2CC[NH+]([C@@H]3CC(=O)N(c4cc(Cl)ccc4C)C3=O)CC2)c1. The highest BCUT2D eigenvalue weighted by atomic mass is 35.5. The molecule has 2 fully saturated rings. The summed E-state index contributed by atoms with van der Waals surface area (Å²) in [7, 11) is 1.66. The molecule has 2 aliphatic heterocycles. The minimum absolute atomic E-state index is 0.120. The van der Waals surface area contributed by atoms with Gasteiger partial charge in [-0.05, 0) is 36.8 Å². The van der Waals surface area contributed by atoms with Crippen LogP contribution in [0.25, 0.3) is 0 Å². The van der Waals surface area contributed by atoms with E-state index < -0.39 is 0 Å². The lowest BCUT2D eigenvalue weighted by Gasteiger charge is -2.35. The fraction of sp³-hybridized carbons (Fsp3) is 0.364. The number of quaternary nitrogens is 1. The molecule has 2 saturated heterocycles. The van der Waals surface area contributed by atoms with E-state index in [9.17, 15) is 9.59 Å². The maximum absolute atomic E-state index is 13.1. The standard InChI is InChI=1S/C22H24ClN3O3/c1-15-6-7-16(23)12-19(15)26-21(27)14-20(22(26)28)25-10-8-24(9-11-25)17-4-3-5-18(13-17)29-2/h3-7,12-13,20H,8-11,14H2,1-2H3/p+1/t20-/m1/s1. The Balaban J connectivity index is 1.46. The number of nitrogens with one attached hydrogen (secondary N) is 1. The van der Waals surface area contributed by atoms with Crippen molar-refractivity contribution in [1.82, 2.24) is 0 Å². The number of imide groups is 1. The average Bonchev–Trinajstić information content (AvgIpc) is 3.04. The summed E-state index contributed by atoms with van der Waals surface area (Å²) in [5, 5.41) is 0.522. The Morgan fingerprint density at radius 2 is 1.86 bits per heavy atom. The lowest BCUT2D eigenvalue weighted by Crippen LogP contribution is -3.19. The summed E-state index contributed by atoms with van der Waals surface area (Å²) in [4.78, 5) is 30.6. The van der Waals surface area contributed by atoms with Crippen LogP contribution in [-0.4, -0.2) is 51.1 Å². The van der Waals surface area contributed by atoms with Crippen molar-refractivity contribution in [2.45, 2.75) is 19.4 Å². The van der Waals surface area contributed by atoms with Gasteiger partial charge < -0.3 is 14.5 Å². The van der Waals surface area contributed by atoms with Gasteiger partial charge in [0, 0.05) is 16.8 Å². The number of halogens is 1. The van der Waals surface area contributed by atoms with E-state index in [1.807, 2.05) is 31.2 Å². The molecular formula is C22H25ClN3O3+. The van der Waals surface area contributed by atoms with Gasteiger partial charge in [0.2, 0.25) is 5.91 Å². The molecule has 1 atom stereocenters. The van der Waals surface area contributed by atoms with Gasteiger partial charge in [-0.15, -0.1) is 0 Å². The molecule has 1 N–H and O–H groups in total. The van der Waals surface area contributed by atoms with Crippen molar-refractivity contribution in [2.75, 3.05) is 43.1 Å². The van der Waals surface area contributed by atoms with Gasteiger partial charge >= 0.3 is 0 Å². The third-order valence-corrected chi connectivity index (χ3v) is 6.11. The Kier molecular flexibility index (Phi) is 5.48. The summed E-state index contributed by atoms with van der Waals surface area (Å²) in [5.74, 6) is 0.569. The molecule has 7 heteroatoms. The summed E-state index contributed by atoms with van der Waals surface area (Å²) >= 11 is 6.10. The van der Waals surface area contributed by atoms with E-state index in [2.05, 4.69) is 11.0 Å². The minimum atomic E-state index is -0.326. The van der Waals surface area contributed by atoms with Crippen molar-refractivity contribution < 1.29 is 19.2 Å². The lowest BCUT2D eigenvalue weighted by molar-refractivity contribution is -0.915. The average molecular weight is 415 g/mol. The molecule has 0 bridgehead atoms. The third-order valence-electron chi connectivity index (χ3n) is 5.88. The third kappa shape index (κ3) is 3.82. The van der Waals surface area contributed by atoms with Crippen LogP contribution in [0, 0.1) is 6.92 Å². The number of carbonyl (C=O) groups excluding carboxylic acids is 2. The van der Waals surface area contributed by atoms with Crippen LogP contribution in [0.2, 0.25) is 5.02 Å². The van der Waals surface area contributed by atoms with Crippen molar-refractivity contribution in [3.05, 3.63) is 53.1 Å². The molecular weight excluding hydrogens is 390 g/mol. The molecule has 0 saturated carbocycles. The molecule has 2 aromatic rings. The Morgan fingerprint density at radius 1 is 1.10 bits per heavy atom. The molecule has 6 nitrogen and oxygen atoms in total. The molecule has 2 heterocycles. The van der Waals surface area contributed by atoms with Gasteiger partial charge in [0.05, 0.1) is 45.4 Å². The Morgan fingerprint density at radius 3 is 2.59 bits per heavy atom. The predicted octanol–water partition coefficient (Wildman–Crippen LogP) is 1.69. The summed E-state index contributed by atoms with van der Waals surface area (Å²) < 4.78 is 5.32. The molecule has 0 aromatic heterocycles. The van der Waals surface area contributed by atoms with Gasteiger partial charge in [0.1, 0.15) is 5.75 Å². The minimum Gasteiger partial charge on any atom is -0.497 e. The quantitative estimate of drug-likeness (QED) is 0.774. The van der Waals surface area contributed by atoms with Crippen LogP contribution in [0.4, 0.5) is 11.4 Å². The van der Waals surface area contributed by atoms with E-state index >= 15 is 0 Å². The molecule has 29 heavy (non-hydrogen) atoms. The number of ether oxygens (including phenoxy) is 1. The number of hydrogen-bond donors (Lipinski definition) is 1. The zero-order chi connectivity index (χ0) is 20.5. The summed E-state index contributed by atoms with van der Waals surface area (Å²) in [5.41, 5.74) is 2.59. The number of carbonyl (C=O) groups is 2. The zero-order valence-corrected chi connectivity index (χ0v) is 17.4. The molecule has 2 aliphatic rings. The second-order valence-corrected chi connectivity index (χ2v) is 8.04. The van der Waals surface area contributed by atoms with Crippen LogP contribution in [0.1, 0.15) is 12.0 Å². The van der Waals surface area contributed by atoms with Gasteiger partial charge in [-0.1, -0.05) is 23.7 Å². The fourth-order valence-electron chi connectivity index (χ4n) is 4.24. The van der Waals surface area contributed by atoms with E-state index in [1.165, 1.54) is 9.80 Å². The van der Waals surface area contributed by atoms with E-state index in [0.717, 1.165) is 43.2 Å². The number of methoxy groups -OCH3 is 1. The van der Waals surface area contributed by atoms with E-state index in [0.29, 0.717) is 10.7 Å². The Bertz CT molecular complexity index is 941. The van der Waals surface area contributed by atoms with Crippen LogP contribution in [0.3, 0.4) is 0 Å². The van der Waals surface area contributed by atoms with Crippen molar-refractivity contribution >= 4 is 34.8 Å². The van der Waals surface area contributed by atoms with E-state index in [4.69, 9.17) is 16.3 Å². The van der Waals surface area contributed by atoms with Crippen LogP contribution in [-0.2, 0) is 9.59 Å². The molecule has 0 aliphatic carbocycles. The number of aryl methyl sites for hydroxylation is 1. The van der Waals surface area contributed by atoms with Crippen molar-refractivity contribution in [1.29, 1.82) is 0 Å². The second-order valence-electron chi connectivity index (χ2n) is 7.60. The molecule has 0 unspecified atom stereocenters. The predicted molar refractivity (Wildman–Crippen MR) is 113 cm³/mol. The van der Waals surface area contributed by atoms with Crippen LogP contribution in [0.5, 0.6) is 5.75 Å². The van der Waals surface area contributed by atoms with Crippen LogP contribution in [0.15, 0.2) is 42.5 Å². The fourth-order valence-corrected chi connectivity index (χ4v) is 4.40. The highest BCUT2D eigenvalue weighted by Gasteiger charge is 2.46. The number of anilines is 2. The molecule has 0 spiro atoms. The largest absolute Gasteiger partial charge is 0.497 e. The maximum atomic E-state index is 13.1. The molecule has 2 amide bonds. The summed E-state index contributed by atoms with van der Waals surface area (Å²) in [6.45, 7) is 5.17. The maximum Gasteiger partial charge on any atom is 0.292 e. The van der Waals surface area contributed by atoms with Gasteiger partial charge in [0.15, 0.2) is 6.04 Å². The Hall–Kier alpha value is -2.57. The van der Waals surface area contributed by atoms with E-state index in [-0.39, 0.29) is 24.3 Å². The number of amides is 2. The topological polar surface area (TPSA) is 54.3 Å². The first-order valence-electron chi connectivity index (χ1n) is 9.84. The molecule has 152 valence electrons. The summed E-state index contributed by atoms with van der Waals surface area (Å²) in [6.07, 6.45) is 0.249. The number of piperazine rings is 1. The van der Waals surface area contributed by atoms with E-state index in [1.54, 1.807) is 19.2 Å². The van der Waals surface area contributed by atoms with Gasteiger partial charge in [-0.2, -0.15) is 0 Å². The van der Waals surface area contributed by atoms with Gasteiger partial charge in [-0.25, -0.2) is 4.90 Å². The molecule has 0 radical (unpaired) electrons. The highest BCUT2D eigenvalue weighted by Crippen LogP contribution is 2.28. The zero-order valence-electron chi connectivity index (χ0n) is 16.7. The number of nitrogens with zero attached hydrogens (tertiary/aromatic N) is 2. The van der Waals surface area contributed by atoms with Crippen molar-refractivity contribution in [2.24, 2.45) is 0 Å². The number of benzene rings is 2. The second kappa shape index (κ2) is 8.05. The van der Waals surface area contributed by atoms with Crippen molar-refractivity contribution in [3.8, 4) is 5.75 Å². The number of hydrogen-bond acceptors (Lipinski definition) is 4. The smallest absolute Gasteiger partial charge is 0.292 e. The van der Waals surface area contributed by atoms with Crippen LogP contribution < -0.4 is 19.4 Å². The molecule has 4 rings (SSSR count). The number of rotatable bonds is 4. The molecule has 2 aromatic carbocycles. The first-order chi connectivity index (χ1) is 14.0. The van der Waals surface area contributed by atoms with Gasteiger partial charge in [-0.3, -0.25) is 9.59 Å².